The van der Waals surface area contributed by atoms with E-state index in [4.69, 9.17) is 4.74 Å². The molecule has 2 unspecified atom stereocenters. The standard InChI is InChI=1S/C14H26N2O4/c1-7-8-11(12(18)15-9(2)10(3)17)16-13(19)20-14(4,5)6/h9,11H,7-8H2,1-6H3,(H,15,18)(H,16,19). The van der Waals surface area contributed by atoms with E-state index in [9.17, 15) is 14.4 Å². The highest BCUT2D eigenvalue weighted by atomic mass is 16.6. The van der Waals surface area contributed by atoms with Crippen molar-refractivity contribution in [2.75, 3.05) is 0 Å². The van der Waals surface area contributed by atoms with Crippen LogP contribution in [0.2, 0.25) is 0 Å². The molecule has 0 aromatic heterocycles. The predicted molar refractivity (Wildman–Crippen MR) is 76.4 cm³/mol. The Balaban J connectivity index is 4.59. The minimum absolute atomic E-state index is 0.133. The SMILES string of the molecule is CCCC(NC(=O)OC(C)(C)C)C(=O)NC(C)C(C)=O. The number of hydrogen-bond donors (Lipinski definition) is 2. The van der Waals surface area contributed by atoms with Gasteiger partial charge < -0.3 is 15.4 Å². The highest BCUT2D eigenvalue weighted by Gasteiger charge is 2.25. The average molecular weight is 286 g/mol. The van der Waals surface area contributed by atoms with Crippen LogP contribution in [-0.2, 0) is 14.3 Å². The zero-order valence-corrected chi connectivity index (χ0v) is 13.2. The minimum Gasteiger partial charge on any atom is -0.444 e. The van der Waals surface area contributed by atoms with Crippen LogP contribution < -0.4 is 10.6 Å². The lowest BCUT2D eigenvalue weighted by molar-refractivity contribution is -0.128. The number of Topliss-reactive ketones (excluding diaryl/α,β-unsaturated/α-hetero) is 1. The molecule has 2 amide bonds. The Morgan fingerprint density at radius 1 is 1.15 bits per heavy atom. The van der Waals surface area contributed by atoms with Crippen molar-refractivity contribution in [1.29, 1.82) is 0 Å². The number of ether oxygens (including phenoxy) is 1. The summed E-state index contributed by atoms with van der Waals surface area (Å²) in [4.78, 5) is 34.8. The summed E-state index contributed by atoms with van der Waals surface area (Å²) in [6.45, 7) is 10.2. The number of ketones is 1. The summed E-state index contributed by atoms with van der Waals surface area (Å²) in [5.41, 5.74) is -0.621. The third-order valence-corrected chi connectivity index (χ3v) is 2.55. The van der Waals surface area contributed by atoms with Crippen molar-refractivity contribution in [1.82, 2.24) is 10.6 Å². The van der Waals surface area contributed by atoms with Crippen LogP contribution in [0.4, 0.5) is 4.79 Å². The summed E-state index contributed by atoms with van der Waals surface area (Å²) in [5.74, 6) is -0.508. The summed E-state index contributed by atoms with van der Waals surface area (Å²) in [7, 11) is 0. The number of nitrogens with one attached hydrogen (secondary N) is 2. The number of hydrogen-bond acceptors (Lipinski definition) is 4. The maximum atomic E-state index is 12.0. The third kappa shape index (κ3) is 7.76. The van der Waals surface area contributed by atoms with Gasteiger partial charge in [-0.1, -0.05) is 13.3 Å². The molecule has 116 valence electrons. The second kappa shape index (κ2) is 7.87. The van der Waals surface area contributed by atoms with Crippen LogP contribution in [0.3, 0.4) is 0 Å². The van der Waals surface area contributed by atoms with Crippen LogP contribution in [0.15, 0.2) is 0 Å². The maximum Gasteiger partial charge on any atom is 0.408 e. The fourth-order valence-corrected chi connectivity index (χ4v) is 1.42. The van der Waals surface area contributed by atoms with Crippen LogP contribution in [-0.4, -0.2) is 35.5 Å². The molecule has 2 atom stereocenters. The molecule has 0 radical (unpaired) electrons. The van der Waals surface area contributed by atoms with Gasteiger partial charge in [0.1, 0.15) is 11.6 Å². The van der Waals surface area contributed by atoms with Crippen LogP contribution in [0.25, 0.3) is 0 Å². The molecule has 0 aliphatic heterocycles. The molecule has 0 spiro atoms. The monoisotopic (exact) mass is 286 g/mol. The Morgan fingerprint density at radius 3 is 2.10 bits per heavy atom. The smallest absolute Gasteiger partial charge is 0.408 e. The van der Waals surface area contributed by atoms with Crippen LogP contribution in [0, 0.1) is 0 Å². The summed E-state index contributed by atoms with van der Waals surface area (Å²) >= 11 is 0. The Kier molecular flexibility index (Phi) is 7.24. The lowest BCUT2D eigenvalue weighted by Gasteiger charge is -2.23. The van der Waals surface area contributed by atoms with E-state index in [0.29, 0.717) is 6.42 Å². The van der Waals surface area contributed by atoms with Crippen molar-refractivity contribution in [3.05, 3.63) is 0 Å². The van der Waals surface area contributed by atoms with Crippen molar-refractivity contribution in [2.45, 2.75) is 72.1 Å². The Morgan fingerprint density at radius 2 is 1.70 bits per heavy atom. The molecule has 6 nitrogen and oxygen atoms in total. The second-order valence-electron chi connectivity index (χ2n) is 5.83. The van der Waals surface area contributed by atoms with Gasteiger partial charge in [0.25, 0.3) is 0 Å². The molecule has 0 aromatic rings. The maximum absolute atomic E-state index is 12.0. The molecule has 0 aliphatic carbocycles. The van der Waals surface area contributed by atoms with E-state index in [2.05, 4.69) is 10.6 Å². The fraction of sp³-hybridized carbons (Fsp3) is 0.786. The molecule has 0 aliphatic rings. The van der Waals surface area contributed by atoms with Gasteiger partial charge in [-0.15, -0.1) is 0 Å². The van der Waals surface area contributed by atoms with Crippen LogP contribution in [0.5, 0.6) is 0 Å². The van der Waals surface area contributed by atoms with Crippen molar-refractivity contribution >= 4 is 17.8 Å². The van der Waals surface area contributed by atoms with Gasteiger partial charge in [0.2, 0.25) is 5.91 Å². The number of amides is 2. The molecule has 0 aromatic carbocycles. The molecular formula is C14H26N2O4. The molecule has 0 heterocycles. The highest BCUT2D eigenvalue weighted by molar-refractivity contribution is 5.90. The van der Waals surface area contributed by atoms with Crippen molar-refractivity contribution in [3.8, 4) is 0 Å². The van der Waals surface area contributed by atoms with Gasteiger partial charge in [0.15, 0.2) is 5.78 Å². The Hall–Kier alpha value is -1.59. The molecule has 6 heteroatoms. The molecule has 2 N–H and O–H groups in total. The molecule has 20 heavy (non-hydrogen) atoms. The quantitative estimate of drug-likeness (QED) is 0.779. The molecule has 0 bridgehead atoms. The zero-order chi connectivity index (χ0) is 15.9. The van der Waals surface area contributed by atoms with E-state index >= 15 is 0 Å². The van der Waals surface area contributed by atoms with E-state index in [1.165, 1.54) is 6.92 Å². The number of carbonyl (C=O) groups excluding carboxylic acids is 3. The van der Waals surface area contributed by atoms with Gasteiger partial charge in [-0.2, -0.15) is 0 Å². The van der Waals surface area contributed by atoms with Gasteiger partial charge >= 0.3 is 6.09 Å². The Labute approximate surface area is 120 Å². The van der Waals surface area contributed by atoms with Gasteiger partial charge in [-0.25, -0.2) is 4.79 Å². The summed E-state index contributed by atoms with van der Waals surface area (Å²) in [6.07, 6.45) is 0.569. The number of carbonyl (C=O) groups is 3. The van der Waals surface area contributed by atoms with Crippen molar-refractivity contribution in [2.24, 2.45) is 0 Å². The lowest BCUT2D eigenvalue weighted by atomic mass is 10.1. The van der Waals surface area contributed by atoms with Gasteiger partial charge in [0.05, 0.1) is 6.04 Å². The van der Waals surface area contributed by atoms with E-state index in [1.54, 1.807) is 27.7 Å². The highest BCUT2D eigenvalue weighted by Crippen LogP contribution is 2.07. The summed E-state index contributed by atoms with van der Waals surface area (Å²) in [5, 5.41) is 5.11. The zero-order valence-electron chi connectivity index (χ0n) is 13.2. The first-order chi connectivity index (χ1) is 9.06. The van der Waals surface area contributed by atoms with Gasteiger partial charge in [0, 0.05) is 0 Å². The van der Waals surface area contributed by atoms with Gasteiger partial charge in [-0.05, 0) is 41.0 Å². The Bertz CT molecular complexity index is 361. The van der Waals surface area contributed by atoms with E-state index in [0.717, 1.165) is 6.42 Å². The first-order valence-corrected chi connectivity index (χ1v) is 6.87. The van der Waals surface area contributed by atoms with E-state index in [1.807, 2.05) is 6.92 Å². The predicted octanol–water partition coefficient (Wildman–Crippen LogP) is 1.77. The molecule has 0 fully saturated rings. The lowest BCUT2D eigenvalue weighted by Crippen LogP contribution is -2.51. The van der Waals surface area contributed by atoms with E-state index < -0.39 is 23.8 Å². The topological polar surface area (TPSA) is 84.5 Å². The summed E-state index contributed by atoms with van der Waals surface area (Å²) < 4.78 is 5.12. The first kappa shape index (κ1) is 18.4. The number of rotatable bonds is 6. The fourth-order valence-electron chi connectivity index (χ4n) is 1.42. The minimum atomic E-state index is -0.698. The van der Waals surface area contributed by atoms with Crippen molar-refractivity contribution < 1.29 is 19.1 Å². The summed E-state index contributed by atoms with van der Waals surface area (Å²) in [6, 6.07) is -1.26. The molecule has 0 rings (SSSR count). The van der Waals surface area contributed by atoms with Crippen LogP contribution >= 0.6 is 0 Å². The van der Waals surface area contributed by atoms with Crippen LogP contribution in [0.1, 0.15) is 54.4 Å². The molecular weight excluding hydrogens is 260 g/mol. The molecule has 0 saturated heterocycles. The van der Waals surface area contributed by atoms with E-state index in [-0.39, 0.29) is 11.7 Å². The normalized spacial score (nSPS) is 14.1. The molecule has 0 saturated carbocycles. The number of alkyl carbamates (subject to hydrolysis) is 1. The van der Waals surface area contributed by atoms with Crippen molar-refractivity contribution in [3.63, 3.8) is 0 Å². The third-order valence-electron chi connectivity index (χ3n) is 2.55. The second-order valence-corrected chi connectivity index (χ2v) is 5.83. The largest absolute Gasteiger partial charge is 0.444 e. The average Bonchev–Trinajstić information content (AvgIpc) is 2.25. The first-order valence-electron chi connectivity index (χ1n) is 6.87. The van der Waals surface area contributed by atoms with Gasteiger partial charge in [-0.3, -0.25) is 9.59 Å².